The van der Waals surface area contributed by atoms with Gasteiger partial charge in [-0.3, -0.25) is 14.8 Å². The van der Waals surface area contributed by atoms with E-state index in [0.717, 1.165) is 23.1 Å². The van der Waals surface area contributed by atoms with E-state index in [1.807, 2.05) is 19.1 Å². The predicted octanol–water partition coefficient (Wildman–Crippen LogP) is 4.70. The maximum atomic E-state index is 13.0. The van der Waals surface area contributed by atoms with Gasteiger partial charge in [0.25, 0.3) is 0 Å². The molecule has 0 aliphatic heterocycles. The molecule has 0 saturated carbocycles. The lowest BCUT2D eigenvalue weighted by Gasteiger charge is -2.11. The number of rotatable bonds is 2. The molecule has 0 fully saturated rings. The van der Waals surface area contributed by atoms with Gasteiger partial charge in [-0.05, 0) is 36.8 Å². The summed E-state index contributed by atoms with van der Waals surface area (Å²) in [5.74, 6) is -1.93. The molecule has 0 unspecified atom stereocenters. The van der Waals surface area contributed by atoms with Crippen LogP contribution in [0.5, 0.6) is 0 Å². The molecule has 148 valence electrons. The van der Waals surface area contributed by atoms with Gasteiger partial charge in [0.2, 0.25) is 11.6 Å². The molecule has 9 heteroatoms. The summed E-state index contributed by atoms with van der Waals surface area (Å²) in [6.45, 7) is 1.92. The maximum Gasteiger partial charge on any atom is 0.451 e. The summed E-state index contributed by atoms with van der Waals surface area (Å²) in [5.41, 5.74) is 3.86. The Balaban J connectivity index is 1.67. The lowest BCUT2D eigenvalue weighted by Crippen LogP contribution is -2.13. The van der Waals surface area contributed by atoms with Gasteiger partial charge < -0.3 is 5.32 Å². The first-order chi connectivity index (χ1) is 14.3. The van der Waals surface area contributed by atoms with E-state index in [1.54, 1.807) is 24.5 Å². The molecule has 3 heterocycles. The maximum absolute atomic E-state index is 13.0. The smallest absolute Gasteiger partial charge is 0.355 e. The van der Waals surface area contributed by atoms with Crippen molar-refractivity contribution in [3.63, 3.8) is 0 Å². The average molecular weight is 407 g/mol. The molecule has 0 amide bonds. The van der Waals surface area contributed by atoms with Crippen molar-refractivity contribution in [2.75, 3.05) is 5.32 Å². The number of pyridine rings is 2. The van der Waals surface area contributed by atoms with Crippen molar-refractivity contribution in [3.8, 4) is 11.1 Å². The molecule has 1 aliphatic rings. The zero-order valence-corrected chi connectivity index (χ0v) is 15.4. The predicted molar refractivity (Wildman–Crippen MR) is 103 cm³/mol. The average Bonchev–Trinajstić information content (AvgIpc) is 3.01. The van der Waals surface area contributed by atoms with Crippen LogP contribution in [0.4, 0.5) is 24.5 Å². The van der Waals surface area contributed by atoms with Crippen molar-refractivity contribution in [1.29, 1.82) is 0 Å². The summed E-state index contributed by atoms with van der Waals surface area (Å²) in [7, 11) is 0. The Morgan fingerprint density at radius 3 is 2.57 bits per heavy atom. The monoisotopic (exact) mass is 407 g/mol. The lowest BCUT2D eigenvalue weighted by atomic mass is 10.0. The van der Waals surface area contributed by atoms with Gasteiger partial charge in [0, 0.05) is 52.7 Å². The number of nitrogens with zero attached hydrogens (tertiary/aromatic N) is 4. The number of halogens is 3. The second-order valence-electron chi connectivity index (χ2n) is 6.88. The molecule has 0 atom stereocenters. The first kappa shape index (κ1) is 18.2. The van der Waals surface area contributed by atoms with E-state index in [9.17, 15) is 18.0 Å². The minimum atomic E-state index is -4.73. The molecule has 0 saturated heterocycles. The third-order valence-electron chi connectivity index (χ3n) is 4.94. The second-order valence-corrected chi connectivity index (χ2v) is 6.88. The molecule has 3 aromatic heterocycles. The first-order valence-corrected chi connectivity index (χ1v) is 8.92. The van der Waals surface area contributed by atoms with E-state index < -0.39 is 17.8 Å². The van der Waals surface area contributed by atoms with E-state index in [4.69, 9.17) is 0 Å². The van der Waals surface area contributed by atoms with Crippen LogP contribution in [0, 0.1) is 6.92 Å². The Labute approximate surface area is 167 Å². The highest BCUT2D eigenvalue weighted by Gasteiger charge is 2.38. The number of ketones is 1. The minimum absolute atomic E-state index is 0.211. The van der Waals surface area contributed by atoms with Crippen molar-refractivity contribution in [3.05, 3.63) is 71.7 Å². The highest BCUT2D eigenvalue weighted by molar-refractivity contribution is 6.24. The van der Waals surface area contributed by atoms with Crippen LogP contribution in [0.3, 0.4) is 0 Å². The van der Waals surface area contributed by atoms with E-state index in [-0.39, 0.29) is 16.8 Å². The summed E-state index contributed by atoms with van der Waals surface area (Å²) in [4.78, 5) is 28.0. The Morgan fingerprint density at radius 2 is 1.80 bits per heavy atom. The van der Waals surface area contributed by atoms with Crippen molar-refractivity contribution >= 4 is 28.1 Å². The van der Waals surface area contributed by atoms with Crippen LogP contribution in [0.1, 0.15) is 27.4 Å². The number of benzene rings is 1. The van der Waals surface area contributed by atoms with Gasteiger partial charge in [-0.2, -0.15) is 13.2 Å². The van der Waals surface area contributed by atoms with Crippen LogP contribution in [0.25, 0.3) is 22.0 Å². The molecule has 5 rings (SSSR count). The topological polar surface area (TPSA) is 80.7 Å². The van der Waals surface area contributed by atoms with E-state index in [1.165, 1.54) is 6.20 Å². The van der Waals surface area contributed by atoms with Gasteiger partial charge >= 0.3 is 6.18 Å². The minimum Gasteiger partial charge on any atom is -0.355 e. The normalized spacial score (nSPS) is 12.7. The number of nitrogens with one attached hydrogen (secondary N) is 1. The number of anilines is 2. The van der Waals surface area contributed by atoms with Gasteiger partial charge in [-0.25, -0.2) is 9.97 Å². The summed E-state index contributed by atoms with van der Waals surface area (Å²) in [5, 5.41) is 3.91. The molecule has 1 aliphatic carbocycles. The van der Waals surface area contributed by atoms with Gasteiger partial charge in [0.1, 0.15) is 5.69 Å². The molecule has 0 bridgehead atoms. The molecular formula is C21H12F3N5O. The van der Waals surface area contributed by atoms with Crippen molar-refractivity contribution < 1.29 is 18.0 Å². The highest BCUT2D eigenvalue weighted by Crippen LogP contribution is 2.41. The summed E-state index contributed by atoms with van der Waals surface area (Å²) in [6, 6.07) is 7.25. The van der Waals surface area contributed by atoms with Crippen LogP contribution in [0.2, 0.25) is 0 Å². The van der Waals surface area contributed by atoms with Crippen LogP contribution >= 0.6 is 0 Å². The van der Waals surface area contributed by atoms with E-state index >= 15 is 0 Å². The summed E-state index contributed by atoms with van der Waals surface area (Å²) in [6.07, 6.45) is 1.09. The third-order valence-corrected chi connectivity index (χ3v) is 4.94. The largest absolute Gasteiger partial charge is 0.451 e. The molecule has 4 aromatic rings. The standard InChI is InChI=1S/C21H12F3N5O/c1-10-7-25-5-4-15(10)28-11-2-3-16-12(6-11)17-13-8-27-20(21(22,23)24)29-18(13)19(30)14(17)9-26-16/h2-9H,1H3,(H,25,28). The zero-order valence-electron chi connectivity index (χ0n) is 15.4. The number of aromatic nitrogens is 4. The molecule has 30 heavy (non-hydrogen) atoms. The lowest BCUT2D eigenvalue weighted by molar-refractivity contribution is -0.145. The highest BCUT2D eigenvalue weighted by atomic mass is 19.4. The van der Waals surface area contributed by atoms with Crippen LogP contribution in [-0.4, -0.2) is 25.7 Å². The fourth-order valence-electron chi connectivity index (χ4n) is 3.50. The summed E-state index contributed by atoms with van der Waals surface area (Å²) < 4.78 is 39.0. The molecule has 1 aromatic carbocycles. The number of fused-ring (bicyclic) bond motifs is 5. The molecule has 0 spiro atoms. The number of aryl methyl sites for hydroxylation is 1. The Morgan fingerprint density at radius 1 is 1.00 bits per heavy atom. The third kappa shape index (κ3) is 2.78. The number of alkyl halides is 3. The summed E-state index contributed by atoms with van der Waals surface area (Å²) >= 11 is 0. The van der Waals surface area contributed by atoms with Crippen molar-refractivity contribution in [2.24, 2.45) is 0 Å². The SMILES string of the molecule is Cc1cnccc1Nc1ccc2ncc3c(c2c1)-c1cnc(C(F)(F)F)nc1C3=O. The van der Waals surface area contributed by atoms with Gasteiger partial charge in [-0.15, -0.1) is 0 Å². The number of hydrogen-bond donors (Lipinski definition) is 1. The Kier molecular flexibility index (Phi) is 3.82. The van der Waals surface area contributed by atoms with Gasteiger partial charge in [0.15, 0.2) is 0 Å². The number of hydrogen-bond acceptors (Lipinski definition) is 6. The van der Waals surface area contributed by atoms with E-state index in [0.29, 0.717) is 16.5 Å². The Bertz CT molecular complexity index is 1350. The zero-order chi connectivity index (χ0) is 21.0. The van der Waals surface area contributed by atoms with Gasteiger partial charge in [-0.1, -0.05) is 0 Å². The fourth-order valence-corrected chi connectivity index (χ4v) is 3.50. The fraction of sp³-hybridized carbons (Fsp3) is 0.0952. The van der Waals surface area contributed by atoms with Crippen molar-refractivity contribution in [1.82, 2.24) is 19.9 Å². The van der Waals surface area contributed by atoms with Crippen molar-refractivity contribution in [2.45, 2.75) is 13.1 Å². The van der Waals surface area contributed by atoms with E-state index in [2.05, 4.69) is 25.3 Å². The van der Waals surface area contributed by atoms with Crippen LogP contribution in [-0.2, 0) is 6.18 Å². The van der Waals surface area contributed by atoms with Crippen LogP contribution in [0.15, 0.2) is 49.1 Å². The Hall–Kier alpha value is -3.88. The number of carbonyl (C=O) groups is 1. The second kappa shape index (κ2) is 6.31. The molecule has 6 nitrogen and oxygen atoms in total. The quantitative estimate of drug-likeness (QED) is 0.457. The van der Waals surface area contributed by atoms with Gasteiger partial charge in [0.05, 0.1) is 11.1 Å². The number of carbonyl (C=O) groups excluding carboxylic acids is 1. The molecule has 0 radical (unpaired) electrons. The molecule has 1 N–H and O–H groups in total. The first-order valence-electron chi connectivity index (χ1n) is 8.92. The van der Waals surface area contributed by atoms with Crippen LogP contribution < -0.4 is 5.32 Å². The molecular weight excluding hydrogens is 395 g/mol.